The third kappa shape index (κ3) is 7.07. The van der Waals surface area contributed by atoms with Crippen LogP contribution in [0.5, 0.6) is 5.75 Å². The Kier molecular flexibility index (Phi) is 9.34. The molecule has 3 aromatic rings. The molecule has 2 aliphatic heterocycles. The van der Waals surface area contributed by atoms with Crippen LogP contribution in [0.3, 0.4) is 0 Å². The minimum absolute atomic E-state index is 0.160. The third-order valence-electron chi connectivity index (χ3n) is 8.99. The molecule has 0 radical (unpaired) electrons. The van der Waals surface area contributed by atoms with Crippen LogP contribution in [0.25, 0.3) is 0 Å². The van der Waals surface area contributed by atoms with Crippen LogP contribution in [0.2, 0.25) is 0 Å². The van der Waals surface area contributed by atoms with Gasteiger partial charge >= 0.3 is 11.9 Å². The number of likely N-dealkylation sites (tertiary alicyclic amines) is 1. The molecule has 8 heteroatoms. The Labute approximate surface area is 265 Å². The Bertz CT molecular complexity index is 1580. The fourth-order valence-corrected chi connectivity index (χ4v) is 6.64. The van der Waals surface area contributed by atoms with Gasteiger partial charge in [0.25, 0.3) is 0 Å². The number of phenolic OH excluding ortho intramolecular Hbond substituents is 1. The highest BCUT2D eigenvalue weighted by Gasteiger charge is 2.42. The number of ether oxygens (including phenoxy) is 2. The van der Waals surface area contributed by atoms with Gasteiger partial charge in [0.15, 0.2) is 0 Å². The summed E-state index contributed by atoms with van der Waals surface area (Å²) in [6, 6.07) is 23.3. The molecule has 8 nitrogen and oxygen atoms in total. The molecule has 3 aromatic carbocycles. The fourth-order valence-electron chi connectivity index (χ4n) is 6.64. The van der Waals surface area contributed by atoms with Crippen molar-refractivity contribution in [3.8, 4) is 5.75 Å². The van der Waals surface area contributed by atoms with Gasteiger partial charge in [0, 0.05) is 42.5 Å². The number of methoxy groups -OCH3 is 1. The zero-order chi connectivity index (χ0) is 32.3. The average molecular weight is 610 g/mol. The summed E-state index contributed by atoms with van der Waals surface area (Å²) < 4.78 is 11.4. The normalized spacial score (nSPS) is 21.0. The van der Waals surface area contributed by atoms with E-state index in [1.165, 1.54) is 18.2 Å². The smallest absolute Gasteiger partial charge is 0.337 e. The van der Waals surface area contributed by atoms with Crippen molar-refractivity contribution in [1.82, 2.24) is 10.2 Å². The largest absolute Gasteiger partial charge is 0.508 e. The van der Waals surface area contributed by atoms with E-state index in [1.54, 1.807) is 31.2 Å². The molecule has 5 rings (SSSR count). The number of rotatable bonds is 9. The second kappa shape index (κ2) is 13.2. The minimum Gasteiger partial charge on any atom is -0.508 e. The highest BCUT2D eigenvalue weighted by molar-refractivity contribution is 6.00. The summed E-state index contributed by atoms with van der Waals surface area (Å²) in [6.45, 7) is 9.89. The fraction of sp³-hybridized carbons (Fsp3) is 0.351. The number of nitrogens with zero attached hydrogens (tertiary/aromatic N) is 1. The number of carbonyl (C=O) groups excluding carboxylic acids is 2. The van der Waals surface area contributed by atoms with Crippen LogP contribution in [0.4, 0.5) is 5.69 Å². The van der Waals surface area contributed by atoms with Gasteiger partial charge in [-0.2, -0.15) is 0 Å². The second-order valence-electron chi connectivity index (χ2n) is 12.5. The molecule has 1 saturated heterocycles. The van der Waals surface area contributed by atoms with E-state index in [0.717, 1.165) is 30.6 Å². The topological polar surface area (TPSA) is 114 Å². The Morgan fingerprint density at radius 3 is 2.22 bits per heavy atom. The third-order valence-corrected chi connectivity index (χ3v) is 8.99. The first-order chi connectivity index (χ1) is 21.5. The summed E-state index contributed by atoms with van der Waals surface area (Å²) in [4.78, 5) is 29.4. The van der Waals surface area contributed by atoms with E-state index in [1.807, 2.05) is 38.1 Å². The maximum atomic E-state index is 14.0. The zero-order valence-electron chi connectivity index (χ0n) is 26.7. The number of nitrogens with one attached hydrogen (secondary N) is 1. The van der Waals surface area contributed by atoms with Gasteiger partial charge in [-0.3, -0.25) is 4.90 Å². The van der Waals surface area contributed by atoms with Crippen molar-refractivity contribution in [2.45, 2.75) is 58.0 Å². The Morgan fingerprint density at radius 1 is 0.978 bits per heavy atom. The predicted molar refractivity (Wildman–Crippen MR) is 175 cm³/mol. The molecule has 1 fully saturated rings. The van der Waals surface area contributed by atoms with Crippen LogP contribution in [0.15, 0.2) is 95.3 Å². The molecular weight excluding hydrogens is 566 g/mol. The van der Waals surface area contributed by atoms with Gasteiger partial charge in [0.05, 0.1) is 24.2 Å². The summed E-state index contributed by atoms with van der Waals surface area (Å²) in [5.41, 5.74) is 12.2. The van der Waals surface area contributed by atoms with E-state index in [4.69, 9.17) is 15.2 Å². The van der Waals surface area contributed by atoms with Crippen LogP contribution in [-0.2, 0) is 19.1 Å². The highest BCUT2D eigenvalue weighted by Crippen LogP contribution is 2.41. The van der Waals surface area contributed by atoms with E-state index in [-0.39, 0.29) is 11.7 Å². The molecule has 0 spiro atoms. The standard InChI is InChI=1S/C37H43N3O5/c1-23-9-11-26(12-10-23)31(27-13-15-30(41)16-14-27)17-19-40-20-18-37(4,22-40)45-36(43)33-25(3)39-24(2)32(35(42)44-5)34(33)28-7-6-8-29(38)21-28/h6-16,21,31,34,39,41H,17-20,22,38H2,1-5H3. The first-order valence-electron chi connectivity index (χ1n) is 15.4. The second-order valence-corrected chi connectivity index (χ2v) is 12.5. The number of nitrogen functional groups attached to an aromatic ring is 1. The van der Waals surface area contributed by atoms with Gasteiger partial charge in [0.2, 0.25) is 0 Å². The molecule has 0 amide bonds. The van der Waals surface area contributed by atoms with Crippen LogP contribution in [0.1, 0.15) is 67.7 Å². The molecular formula is C37H43N3O5. The molecule has 0 aliphatic carbocycles. The molecule has 0 saturated carbocycles. The lowest BCUT2D eigenvalue weighted by Gasteiger charge is -2.33. The number of esters is 2. The first kappa shape index (κ1) is 31.9. The van der Waals surface area contributed by atoms with Gasteiger partial charge in [0.1, 0.15) is 11.4 Å². The van der Waals surface area contributed by atoms with Crippen molar-refractivity contribution < 1.29 is 24.2 Å². The summed E-state index contributed by atoms with van der Waals surface area (Å²) in [5.74, 6) is -1.25. The molecule has 0 bridgehead atoms. The van der Waals surface area contributed by atoms with Gasteiger partial charge in [-0.25, -0.2) is 9.59 Å². The van der Waals surface area contributed by atoms with E-state index in [9.17, 15) is 14.7 Å². The lowest BCUT2D eigenvalue weighted by atomic mass is 9.80. The summed E-state index contributed by atoms with van der Waals surface area (Å²) in [5, 5.41) is 13.1. The maximum Gasteiger partial charge on any atom is 0.337 e. The van der Waals surface area contributed by atoms with Crippen molar-refractivity contribution in [2.24, 2.45) is 0 Å². The zero-order valence-corrected chi connectivity index (χ0v) is 26.7. The number of nitrogens with two attached hydrogens (primary N) is 1. The number of phenols is 1. The van der Waals surface area contributed by atoms with E-state index >= 15 is 0 Å². The van der Waals surface area contributed by atoms with Crippen molar-refractivity contribution in [3.63, 3.8) is 0 Å². The molecule has 45 heavy (non-hydrogen) atoms. The van der Waals surface area contributed by atoms with Crippen molar-refractivity contribution in [1.29, 1.82) is 0 Å². The molecule has 4 N–H and O–H groups in total. The van der Waals surface area contributed by atoms with Crippen LogP contribution in [0, 0.1) is 6.92 Å². The Balaban J connectivity index is 1.33. The average Bonchev–Trinajstić information content (AvgIpc) is 3.38. The molecule has 2 aliphatic rings. The highest BCUT2D eigenvalue weighted by atomic mass is 16.6. The van der Waals surface area contributed by atoms with Gasteiger partial charge in [-0.1, -0.05) is 54.1 Å². The minimum atomic E-state index is -0.704. The van der Waals surface area contributed by atoms with Crippen LogP contribution >= 0.6 is 0 Å². The van der Waals surface area contributed by atoms with Crippen molar-refractivity contribution in [3.05, 3.63) is 118 Å². The molecule has 236 valence electrons. The number of allylic oxidation sites excluding steroid dienone is 2. The number of dihydropyridines is 1. The van der Waals surface area contributed by atoms with Gasteiger partial charge < -0.3 is 25.6 Å². The number of anilines is 1. The van der Waals surface area contributed by atoms with E-state index < -0.39 is 23.5 Å². The number of hydrogen-bond acceptors (Lipinski definition) is 8. The summed E-state index contributed by atoms with van der Waals surface area (Å²) in [6.07, 6.45) is 1.56. The number of aryl methyl sites for hydroxylation is 1. The summed E-state index contributed by atoms with van der Waals surface area (Å²) >= 11 is 0. The monoisotopic (exact) mass is 609 g/mol. The number of aromatic hydroxyl groups is 1. The molecule has 3 atom stereocenters. The lowest BCUT2D eigenvalue weighted by Crippen LogP contribution is -2.39. The number of benzene rings is 3. The molecule has 3 unspecified atom stereocenters. The van der Waals surface area contributed by atoms with E-state index in [0.29, 0.717) is 41.2 Å². The van der Waals surface area contributed by atoms with Gasteiger partial charge in [-0.15, -0.1) is 0 Å². The lowest BCUT2D eigenvalue weighted by molar-refractivity contribution is -0.152. The number of carbonyl (C=O) groups is 2. The van der Waals surface area contributed by atoms with Crippen molar-refractivity contribution in [2.75, 3.05) is 32.5 Å². The predicted octanol–water partition coefficient (Wildman–Crippen LogP) is 5.92. The maximum absolute atomic E-state index is 14.0. The van der Waals surface area contributed by atoms with E-state index in [2.05, 4.69) is 41.4 Å². The Morgan fingerprint density at radius 2 is 1.60 bits per heavy atom. The first-order valence-corrected chi connectivity index (χ1v) is 15.4. The van der Waals surface area contributed by atoms with Gasteiger partial charge in [-0.05, 0) is 81.6 Å². The SMILES string of the molecule is COC(=O)C1=C(C)NC(C)=C(C(=O)OC2(C)CCN(CCC(c3ccc(C)cc3)c3ccc(O)cc3)C2)C1c1cccc(N)c1. The van der Waals surface area contributed by atoms with Crippen LogP contribution < -0.4 is 11.1 Å². The Hall–Kier alpha value is -4.56. The molecule has 2 heterocycles. The van der Waals surface area contributed by atoms with Crippen molar-refractivity contribution >= 4 is 17.6 Å². The van der Waals surface area contributed by atoms with Crippen LogP contribution in [-0.4, -0.2) is 54.3 Å². The number of hydrogen-bond donors (Lipinski definition) is 3. The quantitative estimate of drug-likeness (QED) is 0.202. The molecule has 0 aromatic heterocycles. The summed E-state index contributed by atoms with van der Waals surface area (Å²) in [7, 11) is 1.33.